The summed E-state index contributed by atoms with van der Waals surface area (Å²) in [7, 11) is 3.93. The molecule has 1 aliphatic rings. The van der Waals surface area contributed by atoms with Crippen LogP contribution in [0, 0.1) is 6.92 Å². The largest absolute Gasteiger partial charge is 0.367 e. The van der Waals surface area contributed by atoms with Crippen LogP contribution in [0.15, 0.2) is 18.7 Å². The second kappa shape index (κ2) is 6.58. The Labute approximate surface area is 137 Å². The molecular weight excluding hydrogens is 288 g/mol. The number of aromatic nitrogens is 3. The third-order valence-corrected chi connectivity index (χ3v) is 4.33. The van der Waals surface area contributed by atoms with Crippen LogP contribution in [0.4, 0.5) is 11.8 Å². The molecule has 0 radical (unpaired) electrons. The maximum Gasteiger partial charge on any atom is 0.228 e. The molecule has 0 atom stereocenters. The first kappa shape index (κ1) is 15.8. The van der Waals surface area contributed by atoms with E-state index in [0.717, 1.165) is 61.0 Å². The van der Waals surface area contributed by atoms with E-state index in [9.17, 15) is 0 Å². The highest BCUT2D eigenvalue weighted by atomic mass is 15.2. The normalized spacial score (nSPS) is 16.7. The molecule has 0 saturated carbocycles. The van der Waals surface area contributed by atoms with Crippen LogP contribution in [0.5, 0.6) is 0 Å². The molecule has 124 valence electrons. The van der Waals surface area contributed by atoms with Crippen molar-refractivity contribution in [2.45, 2.75) is 25.8 Å². The number of aromatic amines is 1. The van der Waals surface area contributed by atoms with Gasteiger partial charge in [-0.3, -0.25) is 4.90 Å². The molecule has 0 aliphatic carbocycles. The molecule has 2 aromatic rings. The van der Waals surface area contributed by atoms with Crippen molar-refractivity contribution in [3.05, 3.63) is 24.4 Å². The van der Waals surface area contributed by atoms with Crippen molar-refractivity contribution in [3.8, 4) is 0 Å². The zero-order chi connectivity index (χ0) is 16.4. The molecule has 6 heteroatoms. The molecule has 3 rings (SSSR count). The highest BCUT2D eigenvalue weighted by molar-refractivity contribution is 5.89. The molecule has 1 saturated heterocycles. The second-order valence-corrected chi connectivity index (χ2v) is 6.49. The second-order valence-electron chi connectivity index (χ2n) is 6.49. The number of hydrogen-bond acceptors (Lipinski definition) is 5. The van der Waals surface area contributed by atoms with Crippen LogP contribution in [0.3, 0.4) is 0 Å². The summed E-state index contributed by atoms with van der Waals surface area (Å²) in [5.41, 5.74) is 2.00. The maximum atomic E-state index is 4.72. The molecular formula is C17H26N6. The topological polar surface area (TPSA) is 60.1 Å². The van der Waals surface area contributed by atoms with Crippen LogP contribution >= 0.6 is 0 Å². The van der Waals surface area contributed by atoms with E-state index in [2.05, 4.69) is 39.8 Å². The molecule has 0 amide bonds. The number of piperidine rings is 1. The number of fused-ring (bicyclic) bond motifs is 1. The Balaban J connectivity index is 1.80. The predicted octanol–water partition coefficient (Wildman–Crippen LogP) is 2.39. The predicted molar refractivity (Wildman–Crippen MR) is 96.2 cm³/mol. The molecule has 6 nitrogen and oxygen atoms in total. The summed E-state index contributed by atoms with van der Waals surface area (Å²) in [4.78, 5) is 17.0. The van der Waals surface area contributed by atoms with Gasteiger partial charge in [-0.15, -0.1) is 6.58 Å². The van der Waals surface area contributed by atoms with Crippen molar-refractivity contribution < 1.29 is 0 Å². The summed E-state index contributed by atoms with van der Waals surface area (Å²) >= 11 is 0. The highest BCUT2D eigenvalue weighted by Crippen LogP contribution is 2.26. The number of aryl methyl sites for hydroxylation is 1. The van der Waals surface area contributed by atoms with E-state index in [0.29, 0.717) is 6.04 Å². The van der Waals surface area contributed by atoms with Crippen LogP contribution in [-0.4, -0.2) is 59.6 Å². The first-order valence-electron chi connectivity index (χ1n) is 8.21. The SMILES string of the molecule is C=CCN1CCC(Nc2nc(N(C)C)nc3[nH]c(C)cc23)CC1. The summed E-state index contributed by atoms with van der Waals surface area (Å²) in [6, 6.07) is 2.57. The Morgan fingerprint density at radius 2 is 2.13 bits per heavy atom. The van der Waals surface area contributed by atoms with E-state index in [1.165, 1.54) is 0 Å². The summed E-state index contributed by atoms with van der Waals surface area (Å²) in [5.74, 6) is 1.66. The van der Waals surface area contributed by atoms with Crippen LogP contribution in [0.2, 0.25) is 0 Å². The summed E-state index contributed by atoms with van der Waals surface area (Å²) in [5, 5.41) is 4.72. The van der Waals surface area contributed by atoms with E-state index in [1.807, 2.05) is 25.1 Å². The van der Waals surface area contributed by atoms with Crippen LogP contribution in [0.25, 0.3) is 11.0 Å². The lowest BCUT2D eigenvalue weighted by molar-refractivity contribution is 0.240. The number of H-pyrrole nitrogens is 1. The minimum absolute atomic E-state index is 0.458. The van der Waals surface area contributed by atoms with E-state index in [-0.39, 0.29) is 0 Å². The smallest absolute Gasteiger partial charge is 0.228 e. The lowest BCUT2D eigenvalue weighted by Crippen LogP contribution is -2.39. The first-order chi connectivity index (χ1) is 11.1. The van der Waals surface area contributed by atoms with Crippen molar-refractivity contribution in [1.29, 1.82) is 0 Å². The van der Waals surface area contributed by atoms with E-state index in [4.69, 9.17) is 4.98 Å². The minimum Gasteiger partial charge on any atom is -0.367 e. The maximum absolute atomic E-state index is 4.72. The van der Waals surface area contributed by atoms with Gasteiger partial charge in [0.1, 0.15) is 11.5 Å². The van der Waals surface area contributed by atoms with Gasteiger partial charge in [0.15, 0.2) is 0 Å². The van der Waals surface area contributed by atoms with Gasteiger partial charge < -0.3 is 15.2 Å². The zero-order valence-electron chi connectivity index (χ0n) is 14.3. The highest BCUT2D eigenvalue weighted by Gasteiger charge is 2.20. The van der Waals surface area contributed by atoms with Gasteiger partial charge in [0.25, 0.3) is 0 Å². The molecule has 0 unspecified atom stereocenters. The zero-order valence-corrected chi connectivity index (χ0v) is 14.3. The van der Waals surface area contributed by atoms with Crippen molar-refractivity contribution >= 4 is 22.8 Å². The number of likely N-dealkylation sites (tertiary alicyclic amines) is 1. The lowest BCUT2D eigenvalue weighted by Gasteiger charge is -2.32. The first-order valence-corrected chi connectivity index (χ1v) is 8.21. The van der Waals surface area contributed by atoms with Gasteiger partial charge in [-0.25, -0.2) is 0 Å². The van der Waals surface area contributed by atoms with Gasteiger partial charge >= 0.3 is 0 Å². The summed E-state index contributed by atoms with van der Waals surface area (Å²) < 4.78 is 0. The van der Waals surface area contributed by atoms with Gasteiger partial charge in [0.05, 0.1) is 5.39 Å². The van der Waals surface area contributed by atoms with E-state index < -0.39 is 0 Å². The van der Waals surface area contributed by atoms with Crippen LogP contribution in [0.1, 0.15) is 18.5 Å². The number of rotatable bonds is 5. The number of nitrogens with zero attached hydrogens (tertiary/aromatic N) is 4. The van der Waals surface area contributed by atoms with Crippen LogP contribution < -0.4 is 10.2 Å². The molecule has 2 aromatic heterocycles. The van der Waals surface area contributed by atoms with E-state index >= 15 is 0 Å². The van der Waals surface area contributed by atoms with Crippen molar-refractivity contribution in [1.82, 2.24) is 19.9 Å². The Kier molecular flexibility index (Phi) is 4.52. The van der Waals surface area contributed by atoms with Gasteiger partial charge in [-0.2, -0.15) is 9.97 Å². The summed E-state index contributed by atoms with van der Waals surface area (Å²) in [6.45, 7) is 9.05. The van der Waals surface area contributed by atoms with Crippen molar-refractivity contribution in [3.63, 3.8) is 0 Å². The third kappa shape index (κ3) is 3.47. The molecule has 1 aliphatic heterocycles. The molecule has 0 aromatic carbocycles. The van der Waals surface area contributed by atoms with E-state index in [1.54, 1.807) is 0 Å². The summed E-state index contributed by atoms with van der Waals surface area (Å²) in [6.07, 6.45) is 4.23. The quantitative estimate of drug-likeness (QED) is 0.830. The fourth-order valence-electron chi connectivity index (χ4n) is 3.07. The van der Waals surface area contributed by atoms with Gasteiger partial charge in [0, 0.05) is 45.5 Å². The lowest BCUT2D eigenvalue weighted by atomic mass is 10.0. The molecule has 0 spiro atoms. The minimum atomic E-state index is 0.458. The van der Waals surface area contributed by atoms with Gasteiger partial charge in [-0.1, -0.05) is 6.08 Å². The average Bonchev–Trinajstić information content (AvgIpc) is 2.90. The van der Waals surface area contributed by atoms with Gasteiger partial charge in [-0.05, 0) is 25.8 Å². The Morgan fingerprint density at radius 1 is 1.39 bits per heavy atom. The standard InChI is InChI=1S/C17H26N6/c1-5-8-23-9-6-13(7-10-23)19-16-14-11-12(2)18-15(14)20-17(21-16)22(3)4/h5,11,13H,1,6-10H2,2-4H3,(H2,18,19,20,21). The Bertz CT molecular complexity index is 682. The van der Waals surface area contributed by atoms with Crippen molar-refractivity contribution in [2.24, 2.45) is 0 Å². The molecule has 3 heterocycles. The fraction of sp³-hybridized carbons (Fsp3) is 0.529. The fourth-order valence-corrected chi connectivity index (χ4v) is 3.07. The number of anilines is 2. The average molecular weight is 314 g/mol. The van der Waals surface area contributed by atoms with Crippen molar-refractivity contribution in [2.75, 3.05) is 43.9 Å². The number of nitrogens with one attached hydrogen (secondary N) is 2. The third-order valence-electron chi connectivity index (χ3n) is 4.33. The number of hydrogen-bond donors (Lipinski definition) is 2. The van der Waals surface area contributed by atoms with Crippen LogP contribution in [-0.2, 0) is 0 Å². The Morgan fingerprint density at radius 3 is 2.78 bits per heavy atom. The molecule has 23 heavy (non-hydrogen) atoms. The molecule has 1 fully saturated rings. The monoisotopic (exact) mass is 314 g/mol. The van der Waals surface area contributed by atoms with Gasteiger partial charge in [0.2, 0.25) is 5.95 Å². The molecule has 2 N–H and O–H groups in total. The Hall–Kier alpha value is -2.08. The molecule has 0 bridgehead atoms.